The number of piperidine rings is 1. The smallest absolute Gasteiger partial charge is 0.309 e. The third kappa shape index (κ3) is 6.77. The number of aromatic nitrogens is 1. The van der Waals surface area contributed by atoms with E-state index in [1.807, 2.05) is 30.0 Å². The topological polar surface area (TPSA) is 82.9 Å². The Kier molecular flexibility index (Phi) is 9.35. The van der Waals surface area contributed by atoms with E-state index in [1.54, 1.807) is 7.11 Å². The predicted octanol–water partition coefficient (Wildman–Crippen LogP) is 6.37. The number of aliphatic hydroxyl groups is 1. The maximum atomic E-state index is 12.4. The molecule has 6 nitrogen and oxygen atoms in total. The molecule has 4 rings (SSSR count). The first-order valence-electron chi connectivity index (χ1n) is 12.8. The van der Waals surface area contributed by atoms with Crippen molar-refractivity contribution in [2.24, 2.45) is 5.41 Å². The number of thioether (sulfide) groups is 1. The van der Waals surface area contributed by atoms with Crippen LogP contribution in [0.3, 0.4) is 0 Å². The van der Waals surface area contributed by atoms with Crippen LogP contribution in [0.1, 0.15) is 49.3 Å². The molecule has 0 spiro atoms. The molecule has 198 valence electrons. The lowest BCUT2D eigenvalue weighted by Gasteiger charge is -2.39. The number of aliphatic carboxylic acids is 1. The molecule has 3 aromatic rings. The molecule has 0 amide bonds. The van der Waals surface area contributed by atoms with E-state index in [1.165, 1.54) is 16.7 Å². The molecule has 1 aliphatic rings. The first-order valence-corrected chi connectivity index (χ1v) is 14.1. The van der Waals surface area contributed by atoms with E-state index in [9.17, 15) is 15.0 Å². The zero-order valence-electron chi connectivity index (χ0n) is 21.5. The van der Waals surface area contributed by atoms with E-state index < -0.39 is 17.5 Å². The fourth-order valence-corrected chi connectivity index (χ4v) is 6.38. The van der Waals surface area contributed by atoms with Crippen molar-refractivity contribution in [1.82, 2.24) is 9.88 Å². The summed E-state index contributed by atoms with van der Waals surface area (Å²) in [6.45, 7) is 4.59. The number of ether oxygens (including phenoxy) is 1. The van der Waals surface area contributed by atoms with Crippen LogP contribution in [0.4, 0.5) is 0 Å². The first-order chi connectivity index (χ1) is 17.8. The molecule has 0 unspecified atom stereocenters. The molecule has 2 aromatic carbocycles. The summed E-state index contributed by atoms with van der Waals surface area (Å²) in [5.74, 6) is 0.917. The summed E-state index contributed by atoms with van der Waals surface area (Å²) in [6.07, 6.45) is 3.59. The van der Waals surface area contributed by atoms with Crippen LogP contribution in [0, 0.1) is 12.3 Å². The van der Waals surface area contributed by atoms with E-state index in [0.717, 1.165) is 37.2 Å². The van der Waals surface area contributed by atoms with Gasteiger partial charge in [0, 0.05) is 22.0 Å². The predicted molar refractivity (Wildman–Crippen MR) is 150 cm³/mol. The van der Waals surface area contributed by atoms with Crippen molar-refractivity contribution in [2.45, 2.75) is 50.0 Å². The number of hydrogen-bond acceptors (Lipinski definition) is 6. The fraction of sp³-hybridized carbons (Fsp3) is 0.448. The molecule has 37 heavy (non-hydrogen) atoms. The lowest BCUT2D eigenvalue weighted by molar-refractivity contribution is -0.153. The maximum absolute atomic E-state index is 12.4. The normalized spacial score (nSPS) is 16.5. The number of methoxy groups -OCH3 is 1. The number of pyridine rings is 1. The number of benzene rings is 2. The van der Waals surface area contributed by atoms with Crippen molar-refractivity contribution < 1.29 is 19.7 Å². The Morgan fingerprint density at radius 2 is 2.03 bits per heavy atom. The highest BCUT2D eigenvalue weighted by atomic mass is 35.5. The van der Waals surface area contributed by atoms with Crippen LogP contribution in [0.15, 0.2) is 53.6 Å². The van der Waals surface area contributed by atoms with Gasteiger partial charge in [-0.05, 0) is 94.7 Å². The number of likely N-dealkylation sites (tertiary alicyclic amines) is 1. The van der Waals surface area contributed by atoms with Crippen molar-refractivity contribution in [1.29, 1.82) is 0 Å². The summed E-state index contributed by atoms with van der Waals surface area (Å²) < 4.78 is 5.34. The van der Waals surface area contributed by atoms with Crippen LogP contribution >= 0.6 is 23.4 Å². The molecular weight excluding hydrogens is 508 g/mol. The number of carbonyl (C=O) groups is 1. The number of rotatable bonds is 11. The molecule has 1 fully saturated rings. The van der Waals surface area contributed by atoms with E-state index in [-0.39, 0.29) is 0 Å². The van der Waals surface area contributed by atoms with Gasteiger partial charge in [-0.2, -0.15) is 0 Å². The molecule has 0 aliphatic carbocycles. The van der Waals surface area contributed by atoms with Crippen LogP contribution in [0.25, 0.3) is 10.9 Å². The van der Waals surface area contributed by atoms with Gasteiger partial charge in [0.2, 0.25) is 0 Å². The summed E-state index contributed by atoms with van der Waals surface area (Å²) in [5, 5.41) is 22.4. The maximum Gasteiger partial charge on any atom is 0.309 e. The molecule has 1 aliphatic heterocycles. The summed E-state index contributed by atoms with van der Waals surface area (Å²) in [7, 11) is 1.58. The molecule has 2 heterocycles. The van der Waals surface area contributed by atoms with Crippen LogP contribution in [0.2, 0.25) is 5.02 Å². The Morgan fingerprint density at radius 1 is 1.24 bits per heavy atom. The van der Waals surface area contributed by atoms with Crippen LogP contribution in [-0.2, 0) is 4.79 Å². The van der Waals surface area contributed by atoms with Crippen LogP contribution in [-0.4, -0.2) is 58.6 Å². The number of nitrogens with zero attached hydrogens (tertiary/aromatic N) is 2. The third-order valence-electron chi connectivity index (χ3n) is 7.44. The van der Waals surface area contributed by atoms with Crippen LogP contribution < -0.4 is 4.74 Å². The van der Waals surface area contributed by atoms with E-state index in [0.29, 0.717) is 47.5 Å². The second kappa shape index (κ2) is 12.5. The zero-order valence-corrected chi connectivity index (χ0v) is 23.0. The lowest BCUT2D eigenvalue weighted by atomic mass is 9.74. The summed E-state index contributed by atoms with van der Waals surface area (Å²) in [5.41, 5.74) is 1.73. The standard InChI is InChI=1S/C29H35ClN2O4S/c1-20-5-3-6-22(17-20)37-16-4-13-32-14-11-29(12-15-32,28(34)35)10-9-26(33)27-23-18-21(36-2)7-8-25(23)31-19-24(27)30/h3,5-8,17-19,26,33H,4,9-16H2,1-2H3,(H,34,35)/t26-/m0/s1. The lowest BCUT2D eigenvalue weighted by Crippen LogP contribution is -2.44. The summed E-state index contributed by atoms with van der Waals surface area (Å²) in [4.78, 5) is 20.4. The van der Waals surface area contributed by atoms with Crippen molar-refractivity contribution in [3.63, 3.8) is 0 Å². The number of fused-ring (bicyclic) bond motifs is 1. The summed E-state index contributed by atoms with van der Waals surface area (Å²) in [6, 6.07) is 14.0. The number of aryl methyl sites for hydroxylation is 1. The minimum Gasteiger partial charge on any atom is -0.497 e. The highest BCUT2D eigenvalue weighted by molar-refractivity contribution is 7.99. The monoisotopic (exact) mass is 542 g/mol. The minimum absolute atomic E-state index is 0.315. The average Bonchev–Trinajstić information content (AvgIpc) is 2.90. The Morgan fingerprint density at radius 3 is 2.73 bits per heavy atom. The Hall–Kier alpha value is -2.32. The van der Waals surface area contributed by atoms with Gasteiger partial charge in [-0.25, -0.2) is 0 Å². The zero-order chi connectivity index (χ0) is 26.4. The summed E-state index contributed by atoms with van der Waals surface area (Å²) >= 11 is 8.32. The number of halogens is 1. The SMILES string of the molecule is COc1ccc2ncc(Cl)c([C@@H](O)CCC3(C(=O)O)CCN(CCCSc4cccc(C)c4)CC3)c2c1. The van der Waals surface area contributed by atoms with Gasteiger partial charge >= 0.3 is 5.97 Å². The van der Waals surface area contributed by atoms with E-state index in [4.69, 9.17) is 16.3 Å². The fourth-order valence-electron chi connectivity index (χ4n) is 5.15. The largest absolute Gasteiger partial charge is 0.497 e. The van der Waals surface area contributed by atoms with Gasteiger partial charge in [0.25, 0.3) is 0 Å². The van der Waals surface area contributed by atoms with Crippen molar-refractivity contribution in [3.8, 4) is 5.75 Å². The van der Waals surface area contributed by atoms with Crippen molar-refractivity contribution in [3.05, 3.63) is 64.8 Å². The molecule has 0 bridgehead atoms. The quantitative estimate of drug-likeness (QED) is 0.215. The molecule has 2 N–H and O–H groups in total. The molecular formula is C29H35ClN2O4S. The molecule has 0 radical (unpaired) electrons. The van der Waals surface area contributed by atoms with E-state index in [2.05, 4.69) is 41.1 Å². The highest BCUT2D eigenvalue weighted by Gasteiger charge is 2.41. The minimum atomic E-state index is -0.891. The molecule has 1 saturated heterocycles. The number of hydrogen-bond donors (Lipinski definition) is 2. The molecule has 0 saturated carbocycles. The van der Waals surface area contributed by atoms with E-state index >= 15 is 0 Å². The van der Waals surface area contributed by atoms with Gasteiger partial charge in [0.1, 0.15) is 5.75 Å². The van der Waals surface area contributed by atoms with Gasteiger partial charge in [0.15, 0.2) is 0 Å². The Balaban J connectivity index is 1.33. The third-order valence-corrected chi connectivity index (χ3v) is 8.82. The average molecular weight is 543 g/mol. The van der Waals surface area contributed by atoms with Gasteiger partial charge in [0.05, 0.1) is 29.2 Å². The van der Waals surface area contributed by atoms with Gasteiger partial charge < -0.3 is 19.8 Å². The second-order valence-corrected chi connectivity index (χ2v) is 11.5. The van der Waals surface area contributed by atoms with Crippen molar-refractivity contribution >= 4 is 40.2 Å². The number of carboxylic acids is 1. The molecule has 1 aromatic heterocycles. The van der Waals surface area contributed by atoms with Gasteiger partial charge in [-0.15, -0.1) is 11.8 Å². The molecule has 1 atom stereocenters. The Labute approximate surface area is 228 Å². The van der Waals surface area contributed by atoms with Crippen molar-refractivity contribution in [2.75, 3.05) is 32.5 Å². The second-order valence-electron chi connectivity index (χ2n) is 9.90. The van der Waals surface area contributed by atoms with Gasteiger partial charge in [-0.1, -0.05) is 29.3 Å². The first kappa shape index (κ1) is 27.7. The van der Waals surface area contributed by atoms with Gasteiger partial charge in [-0.3, -0.25) is 9.78 Å². The Bertz CT molecular complexity index is 1230. The van der Waals surface area contributed by atoms with Crippen LogP contribution in [0.5, 0.6) is 5.75 Å². The number of carboxylic acid groups (broad SMARTS) is 1. The molecule has 8 heteroatoms. The number of aliphatic hydroxyl groups excluding tert-OH is 1. The highest BCUT2D eigenvalue weighted by Crippen LogP contribution is 2.41.